The average Bonchev–Trinajstić information content (AvgIpc) is 4.03. The van der Waals surface area contributed by atoms with Gasteiger partial charge < -0.3 is 0 Å². The fourth-order valence-corrected chi connectivity index (χ4v) is 11.5. The molecule has 294 valence electrons. The van der Waals surface area contributed by atoms with Gasteiger partial charge in [-0.15, -0.1) is 0 Å². The number of fused-ring (bicyclic) bond motifs is 6. The average molecular weight is 868 g/mol. The minimum atomic E-state index is -3.73. The third kappa shape index (κ3) is 6.66. The van der Waals surface area contributed by atoms with E-state index >= 15 is 0 Å². The first-order valence-electron chi connectivity index (χ1n) is 19.5. The molecule has 15 heteroatoms. The zero-order chi connectivity index (χ0) is 39.5. The standard InChI is InChI=1S/C21H21BrN4O2S.C21H22N4O2S/c1-14-7-9-16(10-8-14)29(27,28)25-12-11-17-21(25)23-13-18-19(22)24-20(26(17)18)15-5-3-2-4-6-15;1-15-7-9-18(10-8-15)28(26,27)24-12-11-19-21(24)23-14-17-13-22-20(25(17)19)16-5-3-2-4-6-16/h7-13,15H,2-6H2,1H3;7-14,16H,2-6H2,1H3. The van der Waals surface area contributed by atoms with Crippen molar-refractivity contribution in [3.05, 3.63) is 119 Å². The Morgan fingerprint density at radius 1 is 0.544 bits per heavy atom. The van der Waals surface area contributed by atoms with Crippen molar-refractivity contribution < 1.29 is 16.8 Å². The Morgan fingerprint density at radius 2 is 1.00 bits per heavy atom. The summed E-state index contributed by atoms with van der Waals surface area (Å²) in [6.45, 7) is 3.87. The second-order valence-electron chi connectivity index (χ2n) is 15.3. The number of hydrogen-bond donors (Lipinski definition) is 0. The topological polar surface area (TPSA) is 139 Å². The summed E-state index contributed by atoms with van der Waals surface area (Å²) in [6, 6.07) is 17.4. The third-order valence-corrected chi connectivity index (χ3v) is 15.5. The number of aromatic nitrogens is 8. The normalized spacial score (nSPS) is 16.1. The number of aryl methyl sites for hydroxylation is 2. The second kappa shape index (κ2) is 14.8. The molecule has 12 nitrogen and oxygen atoms in total. The molecule has 2 fully saturated rings. The zero-order valence-corrected chi connectivity index (χ0v) is 35.0. The van der Waals surface area contributed by atoms with E-state index in [2.05, 4.69) is 39.7 Å². The van der Waals surface area contributed by atoms with Crippen molar-refractivity contribution in [2.75, 3.05) is 0 Å². The number of hydrogen-bond acceptors (Lipinski definition) is 8. The maximum atomic E-state index is 13.2. The van der Waals surface area contributed by atoms with Crippen molar-refractivity contribution in [3.63, 3.8) is 0 Å². The molecule has 6 heterocycles. The van der Waals surface area contributed by atoms with Gasteiger partial charge in [0, 0.05) is 24.2 Å². The van der Waals surface area contributed by atoms with E-state index in [9.17, 15) is 16.8 Å². The van der Waals surface area contributed by atoms with Gasteiger partial charge in [-0.3, -0.25) is 8.80 Å². The highest BCUT2D eigenvalue weighted by Crippen LogP contribution is 2.37. The highest BCUT2D eigenvalue weighted by Gasteiger charge is 2.27. The summed E-state index contributed by atoms with van der Waals surface area (Å²) in [7, 11) is -7.44. The first-order valence-corrected chi connectivity index (χ1v) is 23.2. The summed E-state index contributed by atoms with van der Waals surface area (Å²) in [5.41, 5.74) is 6.20. The van der Waals surface area contributed by atoms with E-state index in [4.69, 9.17) is 4.98 Å². The van der Waals surface area contributed by atoms with Crippen LogP contribution in [0.5, 0.6) is 0 Å². The molecule has 2 aliphatic rings. The fourth-order valence-electron chi connectivity index (χ4n) is 8.48. The van der Waals surface area contributed by atoms with E-state index in [1.807, 2.05) is 32.2 Å². The fraction of sp³-hybridized carbons (Fsp3) is 0.333. The minimum Gasteiger partial charge on any atom is -0.291 e. The van der Waals surface area contributed by atoms with Gasteiger partial charge in [-0.05, 0) is 91.9 Å². The molecule has 57 heavy (non-hydrogen) atoms. The number of halogens is 1. The molecule has 10 rings (SSSR count). The number of nitrogens with zero attached hydrogens (tertiary/aromatic N) is 8. The van der Waals surface area contributed by atoms with Crippen molar-refractivity contribution in [1.82, 2.24) is 36.7 Å². The summed E-state index contributed by atoms with van der Waals surface area (Å²) in [4.78, 5) is 18.9. The van der Waals surface area contributed by atoms with Crippen LogP contribution in [0.2, 0.25) is 0 Å². The molecule has 6 aromatic heterocycles. The summed E-state index contributed by atoms with van der Waals surface area (Å²) in [6.07, 6.45) is 20.3. The highest BCUT2D eigenvalue weighted by molar-refractivity contribution is 9.10. The monoisotopic (exact) mass is 866 g/mol. The van der Waals surface area contributed by atoms with E-state index in [0.717, 1.165) is 75.1 Å². The maximum Gasteiger partial charge on any atom is 0.269 e. The van der Waals surface area contributed by atoms with Crippen molar-refractivity contribution in [1.29, 1.82) is 0 Å². The Morgan fingerprint density at radius 3 is 1.53 bits per heavy atom. The summed E-state index contributed by atoms with van der Waals surface area (Å²) in [5.74, 6) is 2.81. The van der Waals surface area contributed by atoms with E-state index in [0.29, 0.717) is 23.1 Å². The zero-order valence-electron chi connectivity index (χ0n) is 31.8. The van der Waals surface area contributed by atoms with Crippen molar-refractivity contribution in [2.24, 2.45) is 0 Å². The van der Waals surface area contributed by atoms with Crippen LogP contribution in [-0.2, 0) is 20.0 Å². The van der Waals surface area contributed by atoms with Crippen LogP contribution in [0, 0.1) is 13.8 Å². The lowest BCUT2D eigenvalue weighted by molar-refractivity contribution is 0.428. The van der Waals surface area contributed by atoms with Crippen LogP contribution in [0.15, 0.2) is 106 Å². The van der Waals surface area contributed by atoms with E-state index in [1.54, 1.807) is 73.3 Å². The van der Waals surface area contributed by atoms with Gasteiger partial charge >= 0.3 is 0 Å². The molecule has 0 amide bonds. The Labute approximate surface area is 339 Å². The molecule has 0 atom stereocenters. The number of imidazole rings is 2. The van der Waals surface area contributed by atoms with Crippen LogP contribution in [0.3, 0.4) is 0 Å². The number of benzene rings is 2. The van der Waals surface area contributed by atoms with Gasteiger partial charge in [0.1, 0.15) is 16.3 Å². The van der Waals surface area contributed by atoms with Crippen LogP contribution in [-0.4, -0.2) is 53.5 Å². The maximum absolute atomic E-state index is 13.2. The Hall–Kier alpha value is -4.86. The first kappa shape index (κ1) is 37.7. The molecule has 2 saturated carbocycles. The van der Waals surface area contributed by atoms with Gasteiger partial charge in [0.25, 0.3) is 20.0 Å². The molecule has 0 unspecified atom stereocenters. The first-order chi connectivity index (χ1) is 27.5. The number of rotatable bonds is 6. The Balaban J connectivity index is 0.000000148. The molecule has 2 aliphatic carbocycles. The second-order valence-corrected chi connectivity index (χ2v) is 19.7. The minimum absolute atomic E-state index is 0.252. The largest absolute Gasteiger partial charge is 0.291 e. The molecule has 0 radical (unpaired) electrons. The summed E-state index contributed by atoms with van der Waals surface area (Å²) in [5, 5.41) is 0. The molecule has 0 N–H and O–H groups in total. The molecule has 0 aliphatic heterocycles. The van der Waals surface area contributed by atoms with Crippen LogP contribution >= 0.6 is 15.9 Å². The third-order valence-electron chi connectivity index (χ3n) is 11.5. The van der Waals surface area contributed by atoms with Gasteiger partial charge in [0.05, 0.1) is 50.4 Å². The van der Waals surface area contributed by atoms with Crippen molar-refractivity contribution in [2.45, 2.75) is 99.7 Å². The lowest BCUT2D eigenvalue weighted by Crippen LogP contribution is -2.13. The van der Waals surface area contributed by atoms with Gasteiger partial charge in [-0.2, -0.15) is 0 Å². The van der Waals surface area contributed by atoms with Crippen LogP contribution in [0.25, 0.3) is 33.4 Å². The van der Waals surface area contributed by atoms with E-state index in [1.165, 1.54) is 46.5 Å². The SMILES string of the molecule is Cc1ccc(S(=O)(=O)n2ccc3c2ncc2c(Br)nc(C4CCCCC4)n23)cc1.Cc1ccc(S(=O)(=O)n2ccc3c2ncc2cnc(C4CCCCC4)n23)cc1. The molecular formula is C42H43BrN8O4S2. The molecule has 2 aromatic carbocycles. The van der Waals surface area contributed by atoms with Crippen LogP contribution < -0.4 is 0 Å². The van der Waals surface area contributed by atoms with Crippen molar-refractivity contribution in [3.8, 4) is 0 Å². The highest BCUT2D eigenvalue weighted by atomic mass is 79.9. The van der Waals surface area contributed by atoms with Gasteiger partial charge in [0.15, 0.2) is 11.3 Å². The summed E-state index contributed by atoms with van der Waals surface area (Å²) >= 11 is 3.56. The predicted molar refractivity (Wildman–Crippen MR) is 224 cm³/mol. The molecule has 0 saturated heterocycles. The lowest BCUT2D eigenvalue weighted by atomic mass is 9.89. The van der Waals surface area contributed by atoms with Gasteiger partial charge in [0.2, 0.25) is 0 Å². The van der Waals surface area contributed by atoms with Gasteiger partial charge in [-0.1, -0.05) is 73.9 Å². The smallest absolute Gasteiger partial charge is 0.269 e. The lowest BCUT2D eigenvalue weighted by Gasteiger charge is -2.20. The Bertz CT molecular complexity index is 2990. The molecule has 0 spiro atoms. The molecular weight excluding hydrogens is 825 g/mol. The molecule has 0 bridgehead atoms. The molecule has 8 aromatic rings. The Kier molecular flexibility index (Phi) is 9.80. The predicted octanol–water partition coefficient (Wildman–Crippen LogP) is 9.32. The van der Waals surface area contributed by atoms with Crippen LogP contribution in [0.1, 0.15) is 98.8 Å². The van der Waals surface area contributed by atoms with E-state index in [-0.39, 0.29) is 9.79 Å². The summed E-state index contributed by atoms with van der Waals surface area (Å²) < 4.78 is 60.3. The van der Waals surface area contributed by atoms with Crippen molar-refractivity contribution >= 4 is 69.3 Å². The quantitative estimate of drug-likeness (QED) is 0.161. The van der Waals surface area contributed by atoms with E-state index < -0.39 is 20.0 Å². The van der Waals surface area contributed by atoms with Gasteiger partial charge in [-0.25, -0.2) is 44.7 Å². The van der Waals surface area contributed by atoms with Crippen LogP contribution in [0.4, 0.5) is 0 Å².